The summed E-state index contributed by atoms with van der Waals surface area (Å²) in [6.07, 6.45) is 1.45. The number of quaternary nitrogens is 1. The first-order valence-electron chi connectivity index (χ1n) is 12.8. The summed E-state index contributed by atoms with van der Waals surface area (Å²) in [5.41, 5.74) is 1.40. The van der Waals surface area contributed by atoms with Crippen LogP contribution in [0.3, 0.4) is 0 Å². The third-order valence-electron chi connectivity index (χ3n) is 6.83. The summed E-state index contributed by atoms with van der Waals surface area (Å²) in [6.45, 7) is 9.34. The number of hydrogen-bond donors (Lipinski definition) is 1. The molecule has 1 fully saturated rings. The number of allylic oxidation sites excluding steroid dienone is 1. The van der Waals surface area contributed by atoms with Gasteiger partial charge in [-0.3, -0.25) is 9.36 Å². The number of piperazine rings is 1. The Bertz CT molecular complexity index is 1540. The number of benzene rings is 1. The minimum atomic E-state index is -0.675. The van der Waals surface area contributed by atoms with Crippen LogP contribution in [-0.2, 0) is 9.53 Å². The minimum Gasteiger partial charge on any atom is -0.497 e. The van der Waals surface area contributed by atoms with Gasteiger partial charge in [-0.25, -0.2) is 9.79 Å². The second-order valence-electron chi connectivity index (χ2n) is 9.93. The third kappa shape index (κ3) is 5.06. The molecule has 38 heavy (non-hydrogen) atoms. The number of rotatable bonds is 6. The zero-order valence-electron chi connectivity index (χ0n) is 22.3. The fraction of sp³-hybridized carbons (Fsp3) is 0.393. The monoisotopic (exact) mass is 537 g/mol. The van der Waals surface area contributed by atoms with E-state index in [0.717, 1.165) is 37.6 Å². The van der Waals surface area contributed by atoms with Crippen LogP contribution in [0.4, 0.5) is 5.88 Å². The van der Waals surface area contributed by atoms with Gasteiger partial charge in [-0.05, 0) is 44.5 Å². The Morgan fingerprint density at radius 3 is 2.55 bits per heavy atom. The van der Waals surface area contributed by atoms with Crippen molar-refractivity contribution in [3.05, 3.63) is 78.7 Å². The number of methoxy groups -OCH3 is 1. The van der Waals surface area contributed by atoms with Gasteiger partial charge in [0, 0.05) is 12.1 Å². The van der Waals surface area contributed by atoms with Crippen LogP contribution in [-0.4, -0.2) is 57.0 Å². The van der Waals surface area contributed by atoms with Crippen molar-refractivity contribution in [3.8, 4) is 5.75 Å². The highest BCUT2D eigenvalue weighted by molar-refractivity contribution is 7.07. The van der Waals surface area contributed by atoms with Crippen molar-refractivity contribution in [2.75, 3.05) is 45.2 Å². The van der Waals surface area contributed by atoms with Gasteiger partial charge in [0.1, 0.15) is 11.5 Å². The summed E-state index contributed by atoms with van der Waals surface area (Å²) >= 11 is 1.28. The molecule has 2 aliphatic rings. The molecule has 0 amide bonds. The number of fused-ring (bicyclic) bond motifs is 1. The largest absolute Gasteiger partial charge is 0.497 e. The van der Waals surface area contributed by atoms with E-state index >= 15 is 0 Å². The number of anilines is 1. The molecule has 0 aliphatic carbocycles. The number of furan rings is 1. The van der Waals surface area contributed by atoms with Crippen LogP contribution in [0.1, 0.15) is 38.1 Å². The van der Waals surface area contributed by atoms with Crippen molar-refractivity contribution in [2.45, 2.75) is 32.9 Å². The molecule has 0 spiro atoms. The van der Waals surface area contributed by atoms with Gasteiger partial charge in [0.15, 0.2) is 10.7 Å². The molecule has 1 N–H and O–H groups in total. The molecule has 5 rings (SSSR count). The normalized spacial score (nSPS) is 18.5. The van der Waals surface area contributed by atoms with Gasteiger partial charge < -0.3 is 23.7 Å². The van der Waals surface area contributed by atoms with Crippen molar-refractivity contribution in [1.82, 2.24) is 4.57 Å². The molecule has 2 aromatic heterocycles. The molecule has 10 heteroatoms. The van der Waals surface area contributed by atoms with Crippen LogP contribution in [0.25, 0.3) is 6.08 Å². The fourth-order valence-electron chi connectivity index (χ4n) is 4.79. The first-order chi connectivity index (χ1) is 18.2. The second-order valence-corrected chi connectivity index (χ2v) is 10.9. The van der Waals surface area contributed by atoms with Crippen molar-refractivity contribution < 1.29 is 23.6 Å². The quantitative estimate of drug-likeness (QED) is 0.474. The van der Waals surface area contributed by atoms with Gasteiger partial charge >= 0.3 is 5.97 Å². The number of esters is 1. The molecule has 0 saturated carbocycles. The maximum Gasteiger partial charge on any atom is 0.338 e. The van der Waals surface area contributed by atoms with Crippen LogP contribution in [0.5, 0.6) is 5.75 Å². The second kappa shape index (κ2) is 10.6. The smallest absolute Gasteiger partial charge is 0.338 e. The minimum absolute atomic E-state index is 0.238. The van der Waals surface area contributed by atoms with E-state index in [2.05, 4.69) is 16.9 Å². The van der Waals surface area contributed by atoms with E-state index in [4.69, 9.17) is 13.9 Å². The lowest BCUT2D eigenvalue weighted by atomic mass is 9.96. The summed E-state index contributed by atoms with van der Waals surface area (Å²) in [4.78, 5) is 35.9. The van der Waals surface area contributed by atoms with Crippen molar-refractivity contribution in [2.24, 2.45) is 4.99 Å². The lowest BCUT2D eigenvalue weighted by Crippen LogP contribution is -3.12. The van der Waals surface area contributed by atoms with Gasteiger partial charge in [-0.15, -0.1) is 0 Å². The molecule has 1 atom stereocenters. The molecular weight excluding hydrogens is 504 g/mol. The fourth-order valence-corrected chi connectivity index (χ4v) is 5.82. The van der Waals surface area contributed by atoms with Crippen LogP contribution >= 0.6 is 11.3 Å². The third-order valence-corrected chi connectivity index (χ3v) is 7.81. The van der Waals surface area contributed by atoms with Gasteiger partial charge in [0.2, 0.25) is 0 Å². The highest BCUT2D eigenvalue weighted by Gasteiger charge is 2.34. The molecule has 200 valence electrons. The summed E-state index contributed by atoms with van der Waals surface area (Å²) in [7, 11) is 3.79. The summed E-state index contributed by atoms with van der Waals surface area (Å²) in [5, 5.41) is 0. The Morgan fingerprint density at radius 1 is 1.18 bits per heavy atom. The summed E-state index contributed by atoms with van der Waals surface area (Å²) < 4.78 is 19.0. The van der Waals surface area contributed by atoms with Crippen molar-refractivity contribution in [3.63, 3.8) is 0 Å². The van der Waals surface area contributed by atoms with E-state index in [0.29, 0.717) is 32.1 Å². The van der Waals surface area contributed by atoms with E-state index in [1.54, 1.807) is 38.5 Å². The van der Waals surface area contributed by atoms with Gasteiger partial charge in [0.25, 0.3) is 5.56 Å². The molecule has 2 aliphatic heterocycles. The Morgan fingerprint density at radius 2 is 1.89 bits per heavy atom. The predicted octanol–water partition coefficient (Wildman–Crippen LogP) is 1.12. The molecule has 0 unspecified atom stereocenters. The summed E-state index contributed by atoms with van der Waals surface area (Å²) in [6, 6.07) is 10.5. The predicted molar refractivity (Wildman–Crippen MR) is 146 cm³/mol. The van der Waals surface area contributed by atoms with E-state index in [1.807, 2.05) is 36.4 Å². The average Bonchev–Trinajstić information content (AvgIpc) is 3.47. The Hall–Kier alpha value is -3.63. The lowest BCUT2D eigenvalue weighted by molar-refractivity contribution is -0.880. The molecule has 0 bridgehead atoms. The number of ether oxygens (including phenoxy) is 2. The van der Waals surface area contributed by atoms with E-state index in [9.17, 15) is 9.59 Å². The number of nitrogens with one attached hydrogen (secondary N) is 1. The Labute approximate surface area is 224 Å². The lowest BCUT2D eigenvalue weighted by Gasteiger charge is -2.29. The first-order valence-corrected chi connectivity index (χ1v) is 13.6. The zero-order chi connectivity index (χ0) is 27.0. The van der Waals surface area contributed by atoms with Crippen molar-refractivity contribution in [1.29, 1.82) is 0 Å². The van der Waals surface area contributed by atoms with Gasteiger partial charge in [0.05, 0.1) is 68.3 Å². The highest BCUT2D eigenvalue weighted by atomic mass is 32.1. The zero-order valence-corrected chi connectivity index (χ0v) is 23.1. The van der Waals surface area contributed by atoms with Crippen LogP contribution in [0, 0.1) is 0 Å². The number of nitrogens with zero attached hydrogens (tertiary/aromatic N) is 3. The molecule has 1 aromatic carbocycles. The maximum atomic E-state index is 13.8. The molecule has 3 aromatic rings. The Kier molecular flexibility index (Phi) is 7.27. The highest BCUT2D eigenvalue weighted by Crippen LogP contribution is 2.32. The topological polar surface area (TPSA) is 90.7 Å². The van der Waals surface area contributed by atoms with Crippen molar-refractivity contribution >= 4 is 29.3 Å². The first kappa shape index (κ1) is 26.0. The van der Waals surface area contributed by atoms with E-state index in [-0.39, 0.29) is 11.7 Å². The van der Waals surface area contributed by atoms with Gasteiger partial charge in [-0.2, -0.15) is 0 Å². The summed E-state index contributed by atoms with van der Waals surface area (Å²) in [5.74, 6) is 1.61. The standard InChI is InChI=1S/C28H32N4O5S/c1-17(2)36-27(34)24-18(3)29-28-32(25(24)19-6-8-20(35-5)9-7-19)26(33)22(38-28)16-21-10-11-23(37-21)31-14-12-30(4)13-15-31/h6-11,16-17,25H,12-15H2,1-5H3/p+1/b22-16+/t25-/m1/s1. The Balaban J connectivity index is 1.57. The number of aromatic nitrogens is 1. The molecule has 1 saturated heterocycles. The van der Waals surface area contributed by atoms with Crippen LogP contribution in [0.15, 0.2) is 61.9 Å². The average molecular weight is 538 g/mol. The van der Waals surface area contributed by atoms with E-state index < -0.39 is 12.0 Å². The number of thiazole rings is 1. The molecule has 4 heterocycles. The van der Waals surface area contributed by atoms with Gasteiger partial charge in [-0.1, -0.05) is 23.5 Å². The number of carbonyl (C=O) groups excluding carboxylic acids is 1. The molecular formula is C28H33N4O5S+. The van der Waals surface area contributed by atoms with E-state index in [1.165, 1.54) is 16.2 Å². The van der Waals surface area contributed by atoms with Crippen LogP contribution in [0.2, 0.25) is 0 Å². The molecule has 9 nitrogen and oxygen atoms in total. The SMILES string of the molecule is COc1ccc([C@@H]2C(C(=O)OC(C)C)=C(C)N=c3s/c(=C/c4ccc(N5CC[NH+](C)CC5)o4)c(=O)n32)cc1. The van der Waals surface area contributed by atoms with Crippen LogP contribution < -0.4 is 29.4 Å². The number of hydrogen-bond acceptors (Lipinski definition) is 8. The maximum absolute atomic E-state index is 13.8. The molecule has 0 radical (unpaired) electrons. The number of likely N-dealkylation sites (N-methyl/N-ethyl adjacent to an activating group) is 1. The number of carbonyl (C=O) groups is 1.